The van der Waals surface area contributed by atoms with Crippen molar-refractivity contribution >= 4 is 22.7 Å². The molecule has 0 fully saturated rings. The molecule has 0 aromatic carbocycles. The van der Waals surface area contributed by atoms with Crippen molar-refractivity contribution in [3.63, 3.8) is 0 Å². The number of aliphatic carboxylic acids is 1. The average Bonchev–Trinajstić information content (AvgIpc) is 2.71. The predicted octanol–water partition coefficient (Wildman–Crippen LogP) is -0.699. The number of carboxylic acid groups (broad SMARTS) is 1. The standard InChI is InChI=1S/C11H17N3O4S/c1-8(15)13-10(11(16)17)7-19(18)4-3-9-5-12-14(2)6-9/h5-6,10H,3-4,7H2,1-2H3,(H,13,15)(H,16,17)/t10-,19?/m0/s1. The molecule has 2 N–H and O–H groups in total. The molecule has 1 aromatic rings. The smallest absolute Gasteiger partial charge is 0.327 e. The van der Waals surface area contributed by atoms with Gasteiger partial charge in [0.25, 0.3) is 0 Å². The van der Waals surface area contributed by atoms with Gasteiger partial charge in [-0.1, -0.05) is 0 Å². The molecule has 1 unspecified atom stereocenters. The van der Waals surface area contributed by atoms with Crippen LogP contribution in [0.2, 0.25) is 0 Å². The molecule has 0 aliphatic rings. The number of hydrogen-bond donors (Lipinski definition) is 2. The van der Waals surface area contributed by atoms with Gasteiger partial charge in [-0.25, -0.2) is 4.79 Å². The molecular formula is C11H17N3O4S. The molecule has 0 saturated heterocycles. The first-order valence-corrected chi connectivity index (χ1v) is 7.19. The molecular weight excluding hydrogens is 270 g/mol. The van der Waals surface area contributed by atoms with Crippen LogP contribution in [0.3, 0.4) is 0 Å². The highest BCUT2D eigenvalue weighted by molar-refractivity contribution is 7.85. The first-order chi connectivity index (χ1) is 8.88. The van der Waals surface area contributed by atoms with Gasteiger partial charge in [-0.15, -0.1) is 0 Å². The highest BCUT2D eigenvalue weighted by Gasteiger charge is 2.21. The van der Waals surface area contributed by atoms with Crippen molar-refractivity contribution in [3.8, 4) is 0 Å². The van der Waals surface area contributed by atoms with Gasteiger partial charge in [0, 0.05) is 36.7 Å². The Labute approximate surface area is 113 Å². The lowest BCUT2D eigenvalue weighted by Crippen LogP contribution is -2.43. The zero-order valence-electron chi connectivity index (χ0n) is 10.8. The van der Waals surface area contributed by atoms with E-state index in [0.717, 1.165) is 5.56 Å². The lowest BCUT2D eigenvalue weighted by atomic mass is 10.3. The van der Waals surface area contributed by atoms with E-state index in [-0.39, 0.29) is 5.75 Å². The zero-order valence-corrected chi connectivity index (χ0v) is 11.6. The minimum Gasteiger partial charge on any atom is -0.480 e. The van der Waals surface area contributed by atoms with E-state index in [4.69, 9.17) is 5.11 Å². The van der Waals surface area contributed by atoms with Crippen LogP contribution in [0.5, 0.6) is 0 Å². The summed E-state index contributed by atoms with van der Waals surface area (Å²) in [6.45, 7) is 1.23. The average molecular weight is 287 g/mol. The largest absolute Gasteiger partial charge is 0.480 e. The van der Waals surface area contributed by atoms with Gasteiger partial charge in [0.15, 0.2) is 0 Å². The van der Waals surface area contributed by atoms with E-state index in [2.05, 4.69) is 10.4 Å². The summed E-state index contributed by atoms with van der Waals surface area (Å²) in [5.74, 6) is -1.37. The summed E-state index contributed by atoms with van der Waals surface area (Å²) in [6, 6.07) is -1.10. The number of aryl methyl sites for hydroxylation is 2. The Hall–Kier alpha value is -1.70. The lowest BCUT2D eigenvalue weighted by Gasteiger charge is -2.12. The third kappa shape index (κ3) is 5.64. The van der Waals surface area contributed by atoms with Crippen molar-refractivity contribution in [2.24, 2.45) is 7.05 Å². The van der Waals surface area contributed by atoms with Crippen molar-refractivity contribution < 1.29 is 18.9 Å². The highest BCUT2D eigenvalue weighted by Crippen LogP contribution is 2.00. The van der Waals surface area contributed by atoms with E-state index < -0.39 is 28.7 Å². The summed E-state index contributed by atoms with van der Waals surface area (Å²) in [6.07, 6.45) is 4.06. The molecule has 106 valence electrons. The van der Waals surface area contributed by atoms with Crippen LogP contribution < -0.4 is 5.32 Å². The van der Waals surface area contributed by atoms with Crippen LogP contribution in [0.15, 0.2) is 12.4 Å². The van der Waals surface area contributed by atoms with Gasteiger partial charge in [-0.2, -0.15) is 5.10 Å². The van der Waals surface area contributed by atoms with E-state index >= 15 is 0 Å². The maximum atomic E-state index is 11.8. The molecule has 0 saturated carbocycles. The first-order valence-electron chi connectivity index (χ1n) is 5.71. The Morgan fingerprint density at radius 2 is 2.26 bits per heavy atom. The monoisotopic (exact) mass is 287 g/mol. The number of nitrogens with one attached hydrogen (secondary N) is 1. The Bertz CT molecular complexity index is 486. The maximum Gasteiger partial charge on any atom is 0.327 e. The van der Waals surface area contributed by atoms with Gasteiger partial charge in [-0.3, -0.25) is 13.7 Å². The number of carbonyl (C=O) groups excluding carboxylic acids is 1. The Morgan fingerprint density at radius 1 is 1.58 bits per heavy atom. The van der Waals surface area contributed by atoms with E-state index in [1.54, 1.807) is 17.9 Å². The second-order valence-corrected chi connectivity index (χ2v) is 5.80. The molecule has 0 radical (unpaired) electrons. The number of hydrogen-bond acceptors (Lipinski definition) is 4. The van der Waals surface area contributed by atoms with Crippen LogP contribution in [-0.4, -0.2) is 48.5 Å². The topological polar surface area (TPSA) is 101 Å². The molecule has 7 nitrogen and oxygen atoms in total. The molecule has 0 spiro atoms. The van der Waals surface area contributed by atoms with Gasteiger partial charge < -0.3 is 10.4 Å². The molecule has 19 heavy (non-hydrogen) atoms. The fraction of sp³-hybridized carbons (Fsp3) is 0.545. The fourth-order valence-corrected chi connectivity index (χ4v) is 2.75. The summed E-state index contributed by atoms with van der Waals surface area (Å²) < 4.78 is 13.4. The predicted molar refractivity (Wildman–Crippen MR) is 70.0 cm³/mol. The minimum absolute atomic E-state index is 0.0881. The van der Waals surface area contributed by atoms with Crippen molar-refractivity contribution in [1.29, 1.82) is 0 Å². The summed E-state index contributed by atoms with van der Waals surface area (Å²) in [4.78, 5) is 21.7. The third-order valence-corrected chi connectivity index (χ3v) is 3.77. The number of nitrogens with zero attached hydrogens (tertiary/aromatic N) is 2. The quantitative estimate of drug-likeness (QED) is 0.690. The van der Waals surface area contributed by atoms with Crippen LogP contribution in [0.1, 0.15) is 12.5 Å². The van der Waals surface area contributed by atoms with E-state index in [0.29, 0.717) is 12.2 Å². The molecule has 0 bridgehead atoms. The van der Waals surface area contributed by atoms with Gasteiger partial charge in [0.1, 0.15) is 6.04 Å². The normalized spacial score (nSPS) is 13.8. The van der Waals surface area contributed by atoms with Crippen molar-refractivity contribution in [2.45, 2.75) is 19.4 Å². The van der Waals surface area contributed by atoms with Crippen LogP contribution in [0.4, 0.5) is 0 Å². The summed E-state index contributed by atoms with van der Waals surface area (Å²) in [5.41, 5.74) is 0.947. The summed E-state index contributed by atoms with van der Waals surface area (Å²) in [5, 5.41) is 15.2. The Kier molecular flexibility index (Phi) is 5.68. The van der Waals surface area contributed by atoms with Gasteiger partial charge in [0.05, 0.1) is 11.9 Å². The van der Waals surface area contributed by atoms with Gasteiger partial charge >= 0.3 is 5.97 Å². The number of rotatable bonds is 7. The van der Waals surface area contributed by atoms with Gasteiger partial charge in [-0.05, 0) is 12.0 Å². The minimum atomic E-state index is -1.31. The molecule has 1 aromatic heterocycles. The summed E-state index contributed by atoms with van der Waals surface area (Å²) in [7, 11) is 0.478. The molecule has 1 heterocycles. The molecule has 0 aliphatic carbocycles. The third-order valence-electron chi connectivity index (χ3n) is 2.40. The first kappa shape index (κ1) is 15.4. The molecule has 2 atom stereocenters. The Balaban J connectivity index is 2.44. The van der Waals surface area contributed by atoms with Crippen LogP contribution in [0, 0.1) is 0 Å². The van der Waals surface area contributed by atoms with Crippen LogP contribution >= 0.6 is 0 Å². The number of amides is 1. The van der Waals surface area contributed by atoms with Crippen LogP contribution in [-0.2, 0) is 33.9 Å². The molecule has 8 heteroatoms. The number of aromatic nitrogens is 2. The van der Waals surface area contributed by atoms with Crippen LogP contribution in [0.25, 0.3) is 0 Å². The molecule has 1 rings (SSSR count). The SMILES string of the molecule is CC(=O)N[C@@H](CS(=O)CCc1cnn(C)c1)C(=O)O. The Morgan fingerprint density at radius 3 is 2.74 bits per heavy atom. The summed E-state index contributed by atoms with van der Waals surface area (Å²) >= 11 is 0. The molecule has 0 aliphatic heterocycles. The fourth-order valence-electron chi connectivity index (χ4n) is 1.52. The second kappa shape index (κ2) is 7.03. The number of carbonyl (C=O) groups is 2. The lowest BCUT2D eigenvalue weighted by molar-refractivity contribution is -0.140. The van der Waals surface area contributed by atoms with E-state index in [1.165, 1.54) is 6.92 Å². The van der Waals surface area contributed by atoms with Gasteiger partial charge in [0.2, 0.25) is 5.91 Å². The highest BCUT2D eigenvalue weighted by atomic mass is 32.2. The zero-order chi connectivity index (χ0) is 14.4. The maximum absolute atomic E-state index is 11.8. The van der Waals surface area contributed by atoms with E-state index in [1.807, 2.05) is 6.20 Å². The number of carboxylic acids is 1. The van der Waals surface area contributed by atoms with Crippen molar-refractivity contribution in [3.05, 3.63) is 18.0 Å². The second-order valence-electron chi connectivity index (χ2n) is 4.17. The molecule has 1 amide bonds. The van der Waals surface area contributed by atoms with E-state index in [9.17, 15) is 13.8 Å². The van der Waals surface area contributed by atoms with Crippen molar-refractivity contribution in [2.75, 3.05) is 11.5 Å². The van der Waals surface area contributed by atoms with Crippen molar-refractivity contribution in [1.82, 2.24) is 15.1 Å².